The third kappa shape index (κ3) is 5.42. The molecule has 0 aromatic heterocycles. The van der Waals surface area contributed by atoms with Crippen LogP contribution >= 0.6 is 0 Å². The van der Waals surface area contributed by atoms with Crippen LogP contribution < -0.4 is 0 Å². The molecule has 1 N–H and O–H groups in total. The average molecular weight is 293 g/mol. The molecule has 3 heteroatoms. The molecule has 0 aliphatic rings. The summed E-state index contributed by atoms with van der Waals surface area (Å²) in [4.78, 5) is 2.37. The van der Waals surface area contributed by atoms with Crippen LogP contribution in [0, 0.1) is 0 Å². The van der Waals surface area contributed by atoms with E-state index in [1.165, 1.54) is 0 Å². The first-order chi connectivity index (χ1) is 9.90. The van der Waals surface area contributed by atoms with Crippen LogP contribution in [0.4, 0.5) is 0 Å². The number of ether oxygens (including phenoxy) is 1. The van der Waals surface area contributed by atoms with Crippen molar-refractivity contribution in [3.63, 3.8) is 0 Å². The normalized spacial score (nSPS) is 14.9. The van der Waals surface area contributed by atoms with Gasteiger partial charge in [-0.25, -0.2) is 0 Å². The van der Waals surface area contributed by atoms with Crippen LogP contribution in [0.2, 0.25) is 0 Å². The summed E-state index contributed by atoms with van der Waals surface area (Å²) < 4.78 is 5.90. The molecule has 3 nitrogen and oxygen atoms in total. The Kier molecular flexibility index (Phi) is 7.36. The van der Waals surface area contributed by atoms with Crippen LogP contribution in [0.25, 0.3) is 0 Å². The lowest BCUT2D eigenvalue weighted by molar-refractivity contribution is -0.219. The number of aliphatic hydroxyl groups is 1. The molecule has 0 saturated carbocycles. The molecule has 0 saturated heterocycles. The molecule has 21 heavy (non-hydrogen) atoms. The number of nitrogens with zero attached hydrogens (tertiary/aromatic N) is 1. The maximum absolute atomic E-state index is 10.8. The summed E-state index contributed by atoms with van der Waals surface area (Å²) in [7, 11) is 0. The number of rotatable bonds is 9. The fourth-order valence-electron chi connectivity index (χ4n) is 2.77. The van der Waals surface area contributed by atoms with Crippen molar-refractivity contribution in [2.24, 2.45) is 0 Å². The van der Waals surface area contributed by atoms with Crippen LogP contribution in [-0.2, 0) is 10.5 Å². The van der Waals surface area contributed by atoms with Gasteiger partial charge in [-0.3, -0.25) is 4.90 Å². The summed E-state index contributed by atoms with van der Waals surface area (Å²) in [6.07, 6.45) is 1.49. The lowest BCUT2D eigenvalue weighted by Gasteiger charge is -2.33. The van der Waals surface area contributed by atoms with Crippen molar-refractivity contribution in [3.05, 3.63) is 35.9 Å². The zero-order valence-corrected chi connectivity index (χ0v) is 14.2. The molecule has 0 radical (unpaired) electrons. The molecular formula is C18H31NO2. The van der Waals surface area contributed by atoms with Crippen LogP contribution in [-0.4, -0.2) is 35.2 Å². The second-order valence-corrected chi connectivity index (χ2v) is 6.17. The van der Waals surface area contributed by atoms with E-state index in [1.807, 2.05) is 30.3 Å². The molecule has 1 atom stereocenters. The molecule has 1 rings (SSSR count). The van der Waals surface area contributed by atoms with Crippen LogP contribution in [0.15, 0.2) is 30.3 Å². The van der Waals surface area contributed by atoms with Gasteiger partial charge < -0.3 is 9.84 Å². The summed E-state index contributed by atoms with van der Waals surface area (Å²) in [6.45, 7) is 12.2. The fraction of sp³-hybridized carbons (Fsp3) is 0.667. The molecule has 0 spiro atoms. The third-order valence-electron chi connectivity index (χ3n) is 3.83. The van der Waals surface area contributed by atoms with Crippen molar-refractivity contribution in [2.75, 3.05) is 13.2 Å². The highest BCUT2D eigenvalue weighted by molar-refractivity contribution is 5.19. The topological polar surface area (TPSA) is 32.7 Å². The smallest absolute Gasteiger partial charge is 0.192 e. The SMILES string of the molecule is CCC[C@](O)(OCCN(C(C)C)C(C)C)c1ccccc1. The second kappa shape index (κ2) is 8.52. The van der Waals surface area contributed by atoms with Crippen molar-refractivity contribution in [2.45, 2.75) is 65.3 Å². The Morgan fingerprint density at radius 2 is 1.67 bits per heavy atom. The molecule has 0 heterocycles. The van der Waals surface area contributed by atoms with E-state index < -0.39 is 5.79 Å². The molecule has 0 unspecified atom stereocenters. The molecular weight excluding hydrogens is 262 g/mol. The Morgan fingerprint density at radius 3 is 2.14 bits per heavy atom. The van der Waals surface area contributed by atoms with Gasteiger partial charge in [-0.05, 0) is 27.7 Å². The van der Waals surface area contributed by atoms with Gasteiger partial charge in [-0.1, -0.05) is 43.7 Å². The lowest BCUT2D eigenvalue weighted by atomic mass is 10.0. The summed E-state index contributed by atoms with van der Waals surface area (Å²) >= 11 is 0. The highest BCUT2D eigenvalue weighted by atomic mass is 16.6. The zero-order valence-electron chi connectivity index (χ0n) is 14.2. The van der Waals surface area contributed by atoms with Crippen molar-refractivity contribution >= 4 is 0 Å². The van der Waals surface area contributed by atoms with Gasteiger partial charge >= 0.3 is 0 Å². The highest BCUT2D eigenvalue weighted by Crippen LogP contribution is 2.27. The van der Waals surface area contributed by atoms with Crippen LogP contribution in [0.3, 0.4) is 0 Å². The van der Waals surface area contributed by atoms with Crippen molar-refractivity contribution in [1.29, 1.82) is 0 Å². The van der Waals surface area contributed by atoms with Gasteiger partial charge in [0.05, 0.1) is 6.61 Å². The lowest BCUT2D eigenvalue weighted by Crippen LogP contribution is -2.41. The monoisotopic (exact) mass is 293 g/mol. The number of benzene rings is 1. The van der Waals surface area contributed by atoms with Gasteiger partial charge in [0.15, 0.2) is 5.79 Å². The Hall–Kier alpha value is -0.900. The molecule has 1 aromatic carbocycles. The Morgan fingerprint density at radius 1 is 1.10 bits per heavy atom. The van der Waals surface area contributed by atoms with Crippen LogP contribution in [0.5, 0.6) is 0 Å². The van der Waals surface area contributed by atoms with E-state index in [2.05, 4.69) is 39.5 Å². The number of hydrogen-bond donors (Lipinski definition) is 1. The molecule has 120 valence electrons. The van der Waals surface area contributed by atoms with E-state index >= 15 is 0 Å². The Bertz CT molecular complexity index is 383. The largest absolute Gasteiger partial charge is 0.362 e. The average Bonchev–Trinajstić information content (AvgIpc) is 2.44. The molecule has 0 fully saturated rings. The van der Waals surface area contributed by atoms with Crippen molar-refractivity contribution < 1.29 is 9.84 Å². The zero-order chi connectivity index (χ0) is 15.9. The van der Waals surface area contributed by atoms with Gasteiger partial charge in [-0.15, -0.1) is 0 Å². The number of hydrogen-bond acceptors (Lipinski definition) is 3. The van der Waals surface area contributed by atoms with Crippen molar-refractivity contribution in [1.82, 2.24) is 4.90 Å². The maximum Gasteiger partial charge on any atom is 0.192 e. The summed E-state index contributed by atoms with van der Waals surface area (Å²) in [5.74, 6) is -1.17. The molecule has 0 aliphatic carbocycles. The minimum atomic E-state index is -1.17. The molecule has 1 aromatic rings. The van der Waals surface area contributed by atoms with E-state index in [1.54, 1.807) is 0 Å². The molecule has 0 aliphatic heterocycles. The quantitative estimate of drug-likeness (QED) is 0.704. The van der Waals surface area contributed by atoms with Gasteiger partial charge in [0.1, 0.15) is 0 Å². The predicted octanol–water partition coefficient (Wildman–Crippen LogP) is 3.77. The predicted molar refractivity (Wildman–Crippen MR) is 88.2 cm³/mol. The maximum atomic E-state index is 10.8. The fourth-order valence-corrected chi connectivity index (χ4v) is 2.77. The van der Waals surface area contributed by atoms with E-state index in [-0.39, 0.29) is 0 Å². The van der Waals surface area contributed by atoms with Gasteiger partial charge in [0, 0.05) is 30.6 Å². The van der Waals surface area contributed by atoms with Crippen LogP contribution in [0.1, 0.15) is 53.0 Å². The summed E-state index contributed by atoms with van der Waals surface area (Å²) in [5, 5.41) is 10.8. The minimum absolute atomic E-state index is 0.476. The first-order valence-corrected chi connectivity index (χ1v) is 8.08. The van der Waals surface area contributed by atoms with E-state index in [9.17, 15) is 5.11 Å². The molecule has 0 bridgehead atoms. The Balaban J connectivity index is 2.67. The second-order valence-electron chi connectivity index (χ2n) is 6.17. The first-order valence-electron chi connectivity index (χ1n) is 8.08. The first kappa shape index (κ1) is 18.1. The summed E-state index contributed by atoms with van der Waals surface area (Å²) in [5.41, 5.74) is 0.840. The Labute approximate surface area is 129 Å². The minimum Gasteiger partial charge on any atom is -0.362 e. The van der Waals surface area contributed by atoms with E-state index in [4.69, 9.17) is 4.74 Å². The third-order valence-corrected chi connectivity index (χ3v) is 3.83. The highest BCUT2D eigenvalue weighted by Gasteiger charge is 2.29. The van der Waals surface area contributed by atoms with Gasteiger partial charge in [0.2, 0.25) is 0 Å². The van der Waals surface area contributed by atoms with E-state index in [0.29, 0.717) is 25.1 Å². The van der Waals surface area contributed by atoms with E-state index in [0.717, 1.165) is 18.5 Å². The van der Waals surface area contributed by atoms with Crippen molar-refractivity contribution in [3.8, 4) is 0 Å². The standard InChI is InChI=1S/C18H31NO2/c1-6-12-18(20,17-10-8-7-9-11-17)21-14-13-19(15(2)3)16(4)5/h7-11,15-16,20H,6,12-14H2,1-5H3/t18-/m0/s1. The van der Waals surface area contributed by atoms with Gasteiger partial charge in [0.25, 0.3) is 0 Å². The van der Waals surface area contributed by atoms with Gasteiger partial charge in [-0.2, -0.15) is 0 Å². The summed E-state index contributed by atoms with van der Waals surface area (Å²) in [6, 6.07) is 10.6. The molecule has 0 amide bonds.